The number of hydrogen-bond donors (Lipinski definition) is 2. The second-order valence-electron chi connectivity index (χ2n) is 5.98. The maximum absolute atomic E-state index is 6.19. The largest absolute Gasteiger partial charge is 0.382 e. The van der Waals surface area contributed by atoms with Crippen LogP contribution in [0.5, 0.6) is 0 Å². The molecule has 94 valence electrons. The molecule has 1 aromatic rings. The molecule has 17 heavy (non-hydrogen) atoms. The van der Waals surface area contributed by atoms with E-state index in [0.717, 1.165) is 29.4 Å². The fourth-order valence-corrected chi connectivity index (χ4v) is 2.62. The summed E-state index contributed by atoms with van der Waals surface area (Å²) < 4.78 is 0. The maximum Gasteiger partial charge on any atom is 0.0765 e. The van der Waals surface area contributed by atoms with Crippen LogP contribution in [0.25, 0.3) is 0 Å². The third-order valence-corrected chi connectivity index (χ3v) is 3.34. The molecule has 0 aromatic heterocycles. The van der Waals surface area contributed by atoms with Gasteiger partial charge in [-0.1, -0.05) is 38.4 Å². The molecule has 2 N–H and O–H groups in total. The van der Waals surface area contributed by atoms with Crippen LogP contribution < -0.4 is 10.6 Å². The van der Waals surface area contributed by atoms with Crippen LogP contribution in [0.4, 0.5) is 11.4 Å². The first-order valence-electron chi connectivity index (χ1n) is 6.25. The summed E-state index contributed by atoms with van der Waals surface area (Å²) in [7, 11) is 0. The molecule has 0 fully saturated rings. The van der Waals surface area contributed by atoms with E-state index in [1.165, 1.54) is 6.42 Å². The van der Waals surface area contributed by atoms with E-state index in [2.05, 4.69) is 37.5 Å². The molecular formula is C14H21ClN2. The molecule has 1 atom stereocenters. The Morgan fingerprint density at radius 1 is 1.35 bits per heavy atom. The number of hydrogen-bond acceptors (Lipinski definition) is 2. The summed E-state index contributed by atoms with van der Waals surface area (Å²) in [6.07, 6.45) is 2.29. The fraction of sp³-hybridized carbons (Fsp3) is 0.571. The molecule has 0 aliphatic carbocycles. The third-order valence-electron chi connectivity index (χ3n) is 3.03. The van der Waals surface area contributed by atoms with Crippen molar-refractivity contribution in [2.45, 2.75) is 39.7 Å². The highest BCUT2D eigenvalue weighted by Gasteiger charge is 2.22. The zero-order valence-corrected chi connectivity index (χ0v) is 11.6. The lowest BCUT2D eigenvalue weighted by Gasteiger charge is -2.26. The second-order valence-corrected chi connectivity index (χ2v) is 6.39. The van der Waals surface area contributed by atoms with Crippen LogP contribution >= 0.6 is 11.6 Å². The zero-order chi connectivity index (χ0) is 12.5. The van der Waals surface area contributed by atoms with Gasteiger partial charge in [0.05, 0.1) is 16.4 Å². The molecule has 3 heteroatoms. The molecule has 0 saturated carbocycles. The van der Waals surface area contributed by atoms with Crippen molar-refractivity contribution in [2.24, 2.45) is 5.41 Å². The van der Waals surface area contributed by atoms with Gasteiger partial charge in [0.15, 0.2) is 0 Å². The second kappa shape index (κ2) is 4.77. The fourth-order valence-electron chi connectivity index (χ4n) is 2.38. The summed E-state index contributed by atoms with van der Waals surface area (Å²) in [5, 5.41) is 7.82. The Morgan fingerprint density at radius 2 is 2.12 bits per heavy atom. The van der Waals surface area contributed by atoms with Crippen LogP contribution in [0.3, 0.4) is 0 Å². The Hall–Kier alpha value is -0.890. The maximum atomic E-state index is 6.19. The molecule has 1 aliphatic rings. The van der Waals surface area contributed by atoms with Gasteiger partial charge in [-0.15, -0.1) is 0 Å². The van der Waals surface area contributed by atoms with Crippen LogP contribution in [0.1, 0.15) is 33.6 Å². The van der Waals surface area contributed by atoms with Gasteiger partial charge in [0, 0.05) is 12.6 Å². The SMILES string of the molecule is CC(C)(C)CC1CCNc2c(Cl)cccc2N1. The lowest BCUT2D eigenvalue weighted by Crippen LogP contribution is -2.25. The van der Waals surface area contributed by atoms with Crippen LogP contribution in [0, 0.1) is 5.41 Å². The summed E-state index contributed by atoms with van der Waals surface area (Å²) in [5.74, 6) is 0. The Labute approximate surface area is 109 Å². The minimum absolute atomic E-state index is 0.348. The minimum Gasteiger partial charge on any atom is -0.382 e. The standard InChI is InChI=1S/C14H21ClN2/c1-14(2,3)9-10-7-8-16-13-11(15)5-4-6-12(13)17-10/h4-6,10,16-17H,7-9H2,1-3H3. The van der Waals surface area contributed by atoms with Crippen molar-refractivity contribution in [1.29, 1.82) is 0 Å². The van der Waals surface area contributed by atoms with Crippen LogP contribution in [0.15, 0.2) is 18.2 Å². The highest BCUT2D eigenvalue weighted by atomic mass is 35.5. The van der Waals surface area contributed by atoms with E-state index in [1.54, 1.807) is 0 Å². The highest BCUT2D eigenvalue weighted by molar-refractivity contribution is 6.34. The lowest BCUT2D eigenvalue weighted by atomic mass is 9.87. The van der Waals surface area contributed by atoms with Gasteiger partial charge in [0.1, 0.15) is 0 Å². The summed E-state index contributed by atoms with van der Waals surface area (Å²) >= 11 is 6.19. The Morgan fingerprint density at radius 3 is 2.82 bits per heavy atom. The quantitative estimate of drug-likeness (QED) is 0.776. The molecule has 0 amide bonds. The number of benzene rings is 1. The van der Waals surface area contributed by atoms with Crippen LogP contribution in [-0.2, 0) is 0 Å². The van der Waals surface area contributed by atoms with E-state index in [0.29, 0.717) is 11.5 Å². The Balaban J connectivity index is 2.17. The predicted octanol–water partition coefficient (Wildman–Crippen LogP) is 4.37. The molecule has 1 aromatic carbocycles. The first-order valence-corrected chi connectivity index (χ1v) is 6.62. The van der Waals surface area contributed by atoms with Gasteiger partial charge in [-0.25, -0.2) is 0 Å². The summed E-state index contributed by atoms with van der Waals surface area (Å²) in [6.45, 7) is 7.83. The molecule has 0 saturated heterocycles. The summed E-state index contributed by atoms with van der Waals surface area (Å²) in [4.78, 5) is 0. The van der Waals surface area contributed by atoms with E-state index < -0.39 is 0 Å². The lowest BCUT2D eigenvalue weighted by molar-refractivity contribution is 0.345. The van der Waals surface area contributed by atoms with E-state index in [4.69, 9.17) is 11.6 Å². The smallest absolute Gasteiger partial charge is 0.0765 e. The highest BCUT2D eigenvalue weighted by Crippen LogP contribution is 2.34. The van der Waals surface area contributed by atoms with Gasteiger partial charge >= 0.3 is 0 Å². The molecule has 1 unspecified atom stereocenters. The first kappa shape index (κ1) is 12.6. The van der Waals surface area contributed by atoms with Gasteiger partial charge in [-0.05, 0) is 30.4 Å². The molecular weight excluding hydrogens is 232 g/mol. The van der Waals surface area contributed by atoms with Gasteiger partial charge in [-0.3, -0.25) is 0 Å². The monoisotopic (exact) mass is 252 g/mol. The molecule has 0 spiro atoms. The van der Waals surface area contributed by atoms with Crippen molar-refractivity contribution in [3.63, 3.8) is 0 Å². The van der Waals surface area contributed by atoms with Crippen LogP contribution in [-0.4, -0.2) is 12.6 Å². The van der Waals surface area contributed by atoms with Gasteiger partial charge in [0.2, 0.25) is 0 Å². The van der Waals surface area contributed by atoms with E-state index in [9.17, 15) is 0 Å². The number of rotatable bonds is 1. The number of para-hydroxylation sites is 1. The van der Waals surface area contributed by atoms with Gasteiger partial charge < -0.3 is 10.6 Å². The molecule has 2 nitrogen and oxygen atoms in total. The third kappa shape index (κ3) is 3.29. The topological polar surface area (TPSA) is 24.1 Å². The Bertz CT molecular complexity index is 396. The minimum atomic E-state index is 0.348. The van der Waals surface area contributed by atoms with Crippen molar-refractivity contribution in [1.82, 2.24) is 0 Å². The average Bonchev–Trinajstić information content (AvgIpc) is 2.38. The van der Waals surface area contributed by atoms with Crippen molar-refractivity contribution in [3.8, 4) is 0 Å². The summed E-state index contributed by atoms with van der Waals surface area (Å²) in [6, 6.07) is 6.53. The number of fused-ring (bicyclic) bond motifs is 1. The average molecular weight is 253 g/mol. The predicted molar refractivity (Wildman–Crippen MR) is 76.0 cm³/mol. The molecule has 0 radical (unpaired) electrons. The Kier molecular flexibility index (Phi) is 3.53. The van der Waals surface area contributed by atoms with Crippen molar-refractivity contribution < 1.29 is 0 Å². The number of nitrogens with one attached hydrogen (secondary N) is 2. The first-order chi connectivity index (χ1) is 7.96. The summed E-state index contributed by atoms with van der Waals surface area (Å²) in [5.41, 5.74) is 2.52. The van der Waals surface area contributed by atoms with Gasteiger partial charge in [0.25, 0.3) is 0 Å². The number of anilines is 2. The molecule has 1 heterocycles. The molecule has 2 rings (SSSR count). The van der Waals surface area contributed by atoms with E-state index in [1.807, 2.05) is 12.1 Å². The molecule has 1 aliphatic heterocycles. The zero-order valence-electron chi connectivity index (χ0n) is 10.8. The van der Waals surface area contributed by atoms with E-state index >= 15 is 0 Å². The van der Waals surface area contributed by atoms with Crippen molar-refractivity contribution >= 4 is 23.0 Å². The van der Waals surface area contributed by atoms with Crippen molar-refractivity contribution in [3.05, 3.63) is 23.2 Å². The van der Waals surface area contributed by atoms with Gasteiger partial charge in [-0.2, -0.15) is 0 Å². The van der Waals surface area contributed by atoms with Crippen LogP contribution in [0.2, 0.25) is 5.02 Å². The van der Waals surface area contributed by atoms with E-state index in [-0.39, 0.29) is 0 Å². The molecule has 0 bridgehead atoms. The van der Waals surface area contributed by atoms with Crippen molar-refractivity contribution in [2.75, 3.05) is 17.2 Å². The number of halogens is 1. The normalized spacial score (nSPS) is 19.9.